The number of methoxy groups -OCH3 is 1. The summed E-state index contributed by atoms with van der Waals surface area (Å²) in [5, 5.41) is 12.1. The maximum absolute atomic E-state index is 6.74. The minimum Gasteiger partial charge on any atom is -0.474 e. The third kappa shape index (κ3) is 5.10. The van der Waals surface area contributed by atoms with E-state index in [2.05, 4.69) is 27.6 Å². The zero-order valence-electron chi connectivity index (χ0n) is 5.60. The normalized spacial score (nSPS) is 8.10. The minimum absolute atomic E-state index is 0.105. The van der Waals surface area contributed by atoms with E-state index < -0.39 is 0 Å². The lowest BCUT2D eigenvalue weighted by molar-refractivity contribution is 0.392. The molecule has 0 atom stereocenters. The molecule has 0 saturated carbocycles. The largest absolute Gasteiger partial charge is 0.474 e. The van der Waals surface area contributed by atoms with E-state index in [1.54, 1.807) is 0 Å². The zero-order chi connectivity index (χ0) is 7.98. The van der Waals surface area contributed by atoms with Gasteiger partial charge >= 0.3 is 0 Å². The van der Waals surface area contributed by atoms with Crippen molar-refractivity contribution in [2.75, 3.05) is 13.8 Å². The highest BCUT2D eigenvalue weighted by Gasteiger charge is 1.89. The van der Waals surface area contributed by atoms with E-state index in [-0.39, 0.29) is 11.1 Å². The second-order valence-electron chi connectivity index (χ2n) is 1.44. The van der Waals surface area contributed by atoms with Crippen LogP contribution in [0.15, 0.2) is 0 Å². The zero-order valence-corrected chi connectivity index (χ0v) is 6.42. The van der Waals surface area contributed by atoms with Gasteiger partial charge in [-0.2, -0.15) is 0 Å². The van der Waals surface area contributed by atoms with Gasteiger partial charge in [0.25, 0.3) is 5.17 Å². The number of hydrogen-bond acceptors (Lipinski definition) is 3. The van der Waals surface area contributed by atoms with Gasteiger partial charge < -0.3 is 21.1 Å². The highest BCUT2D eigenvalue weighted by atomic mass is 32.1. The third-order valence-electron chi connectivity index (χ3n) is 0.697. The molecule has 0 aromatic carbocycles. The maximum Gasteiger partial charge on any atom is 0.257 e. The van der Waals surface area contributed by atoms with Crippen molar-refractivity contribution in [3.8, 4) is 0 Å². The lowest BCUT2D eigenvalue weighted by atomic mass is 10.9. The summed E-state index contributed by atoms with van der Waals surface area (Å²) in [4.78, 5) is 0. The smallest absolute Gasteiger partial charge is 0.257 e. The molecule has 0 aromatic rings. The van der Waals surface area contributed by atoms with Crippen molar-refractivity contribution in [1.82, 2.24) is 10.6 Å². The Morgan fingerprint density at radius 3 is 2.70 bits per heavy atom. The molecular formula is C4H10N4OS. The van der Waals surface area contributed by atoms with Gasteiger partial charge in [0.05, 0.1) is 13.8 Å². The molecule has 10 heavy (non-hydrogen) atoms. The van der Waals surface area contributed by atoms with Crippen LogP contribution in [0.1, 0.15) is 0 Å². The molecule has 6 heteroatoms. The van der Waals surface area contributed by atoms with Gasteiger partial charge in [-0.3, -0.25) is 5.41 Å². The van der Waals surface area contributed by atoms with Crippen LogP contribution in [-0.4, -0.2) is 24.9 Å². The summed E-state index contributed by atoms with van der Waals surface area (Å²) in [5.41, 5.74) is 4.97. The molecule has 0 fully saturated rings. The first kappa shape index (κ1) is 8.96. The predicted molar refractivity (Wildman–Crippen MR) is 42.7 cm³/mol. The van der Waals surface area contributed by atoms with Crippen LogP contribution >= 0.6 is 12.2 Å². The first-order chi connectivity index (χ1) is 4.66. The van der Waals surface area contributed by atoms with Gasteiger partial charge in [-0.1, -0.05) is 0 Å². The molecule has 0 aliphatic carbocycles. The molecule has 0 spiro atoms. The van der Waals surface area contributed by atoms with Gasteiger partial charge in [0.2, 0.25) is 0 Å². The lowest BCUT2D eigenvalue weighted by Gasteiger charge is -2.06. The fourth-order valence-electron chi connectivity index (χ4n) is 0.284. The molecule has 0 heterocycles. The Kier molecular flexibility index (Phi) is 4.30. The summed E-state index contributed by atoms with van der Waals surface area (Å²) >= 11 is 4.62. The minimum atomic E-state index is -0.105. The van der Waals surface area contributed by atoms with Gasteiger partial charge in [0, 0.05) is 0 Å². The molecule has 0 radical (unpaired) electrons. The Morgan fingerprint density at radius 1 is 1.70 bits per heavy atom. The van der Waals surface area contributed by atoms with Crippen LogP contribution in [0.4, 0.5) is 0 Å². The number of nitrogens with one attached hydrogen (secondary N) is 3. The number of hydrogen-bond donors (Lipinski definition) is 4. The van der Waals surface area contributed by atoms with Crippen LogP contribution in [0, 0.1) is 5.41 Å². The van der Waals surface area contributed by atoms with Crippen LogP contribution in [0.3, 0.4) is 0 Å². The number of rotatable bonds is 2. The van der Waals surface area contributed by atoms with Crippen LogP contribution in [0.2, 0.25) is 0 Å². The molecule has 0 aliphatic heterocycles. The first-order valence-corrected chi connectivity index (χ1v) is 2.97. The van der Waals surface area contributed by atoms with Gasteiger partial charge in [0.15, 0.2) is 5.96 Å². The molecule has 5 N–H and O–H groups in total. The van der Waals surface area contributed by atoms with E-state index in [1.165, 1.54) is 7.11 Å². The van der Waals surface area contributed by atoms with E-state index in [1.807, 2.05) is 0 Å². The number of nitrogens with two attached hydrogens (primary N) is 1. The molecule has 0 aromatic heterocycles. The second kappa shape index (κ2) is 4.80. The van der Waals surface area contributed by atoms with E-state index in [0.717, 1.165) is 0 Å². The molecule has 5 nitrogen and oxygen atoms in total. The average Bonchev–Trinajstić information content (AvgIpc) is 1.87. The van der Waals surface area contributed by atoms with Crippen molar-refractivity contribution in [1.29, 1.82) is 5.41 Å². The molecule has 0 rings (SSSR count). The van der Waals surface area contributed by atoms with Gasteiger partial charge in [0.1, 0.15) is 0 Å². The highest BCUT2D eigenvalue weighted by Crippen LogP contribution is 1.68. The monoisotopic (exact) mass is 162 g/mol. The quantitative estimate of drug-likeness (QED) is 0.180. The van der Waals surface area contributed by atoms with Crippen LogP contribution < -0.4 is 16.4 Å². The van der Waals surface area contributed by atoms with E-state index in [4.69, 9.17) is 11.1 Å². The van der Waals surface area contributed by atoms with Crippen molar-refractivity contribution < 1.29 is 4.74 Å². The van der Waals surface area contributed by atoms with Crippen molar-refractivity contribution >= 4 is 23.4 Å². The molecule has 0 saturated heterocycles. The Bertz CT molecular complexity index is 137. The van der Waals surface area contributed by atoms with E-state index in [9.17, 15) is 0 Å². The topological polar surface area (TPSA) is 83.2 Å². The average molecular weight is 162 g/mol. The second-order valence-corrected chi connectivity index (χ2v) is 1.81. The molecule has 58 valence electrons. The van der Waals surface area contributed by atoms with Crippen molar-refractivity contribution in [3.63, 3.8) is 0 Å². The van der Waals surface area contributed by atoms with Gasteiger partial charge in [-0.15, -0.1) is 0 Å². The standard InChI is InChI=1S/C4H10N4OS/c1-9-4(10)8-2-7-3(5)6/h2H2,1H3,(H,8,10)(H4,5,6,7). The van der Waals surface area contributed by atoms with Crippen molar-refractivity contribution in [2.24, 2.45) is 5.73 Å². The fraction of sp³-hybridized carbons (Fsp3) is 0.500. The summed E-state index contributed by atoms with van der Waals surface area (Å²) in [6.45, 7) is 0.308. The van der Waals surface area contributed by atoms with Gasteiger partial charge in [-0.05, 0) is 12.2 Å². The third-order valence-corrected chi connectivity index (χ3v) is 1.01. The summed E-state index contributed by atoms with van der Waals surface area (Å²) in [6.07, 6.45) is 0. The predicted octanol–water partition coefficient (Wildman–Crippen LogP) is -1.05. The number of thiocarbonyl (C=S) groups is 1. The Balaban J connectivity index is 3.20. The van der Waals surface area contributed by atoms with Crippen molar-refractivity contribution in [3.05, 3.63) is 0 Å². The first-order valence-electron chi connectivity index (χ1n) is 2.56. The molecule has 0 aliphatic rings. The van der Waals surface area contributed by atoms with Crippen LogP contribution in [-0.2, 0) is 4.74 Å². The van der Waals surface area contributed by atoms with Crippen molar-refractivity contribution in [2.45, 2.75) is 0 Å². The summed E-state index contributed by atoms with van der Waals surface area (Å²) in [6, 6.07) is 0. The summed E-state index contributed by atoms with van der Waals surface area (Å²) in [5.74, 6) is -0.105. The fourth-order valence-corrected chi connectivity index (χ4v) is 0.356. The van der Waals surface area contributed by atoms with Crippen LogP contribution in [0.25, 0.3) is 0 Å². The SMILES string of the molecule is COC(=S)NCNC(=N)N. The Labute approximate surface area is 64.4 Å². The number of guanidine groups is 1. The molecule has 0 amide bonds. The summed E-state index contributed by atoms with van der Waals surface area (Å²) < 4.78 is 4.60. The van der Waals surface area contributed by atoms with E-state index in [0.29, 0.717) is 6.67 Å². The highest BCUT2D eigenvalue weighted by molar-refractivity contribution is 7.80. The van der Waals surface area contributed by atoms with Crippen LogP contribution in [0.5, 0.6) is 0 Å². The molecule has 0 unspecified atom stereocenters. The van der Waals surface area contributed by atoms with E-state index >= 15 is 0 Å². The number of ether oxygens (including phenoxy) is 1. The Morgan fingerprint density at radius 2 is 2.30 bits per heavy atom. The van der Waals surface area contributed by atoms with Gasteiger partial charge in [-0.25, -0.2) is 0 Å². The Hall–Kier alpha value is -1.04. The lowest BCUT2D eigenvalue weighted by Crippen LogP contribution is -2.40. The maximum atomic E-state index is 6.74. The molecular weight excluding hydrogens is 152 g/mol. The molecule has 0 bridgehead atoms. The summed E-state index contributed by atoms with van der Waals surface area (Å²) in [7, 11) is 1.46.